The van der Waals surface area contributed by atoms with Crippen molar-refractivity contribution in [3.8, 4) is 0 Å². The molecule has 1 saturated heterocycles. The fourth-order valence-electron chi connectivity index (χ4n) is 3.82. The Kier molecular flexibility index (Phi) is 4.45. The Bertz CT molecular complexity index is 363. The van der Waals surface area contributed by atoms with Crippen LogP contribution in [0.3, 0.4) is 0 Å². The van der Waals surface area contributed by atoms with E-state index in [4.69, 9.17) is 0 Å². The van der Waals surface area contributed by atoms with E-state index in [9.17, 15) is 4.79 Å². The Hall–Kier alpha value is -0.610. The highest BCUT2D eigenvalue weighted by atomic mass is 16.2. The van der Waals surface area contributed by atoms with Gasteiger partial charge >= 0.3 is 0 Å². The first-order chi connectivity index (χ1) is 9.38. The van der Waals surface area contributed by atoms with Gasteiger partial charge in [0.2, 0.25) is 5.91 Å². The molecule has 2 fully saturated rings. The number of rotatable bonds is 5. The zero-order valence-electron chi connectivity index (χ0n) is 13.8. The van der Waals surface area contributed by atoms with Gasteiger partial charge in [-0.2, -0.15) is 0 Å². The number of likely N-dealkylation sites (N-methyl/N-ethyl adjacent to an activating group) is 1. The van der Waals surface area contributed by atoms with Crippen molar-refractivity contribution >= 4 is 5.91 Å². The zero-order valence-corrected chi connectivity index (χ0v) is 13.8. The van der Waals surface area contributed by atoms with E-state index in [2.05, 4.69) is 50.0 Å². The van der Waals surface area contributed by atoms with Crippen LogP contribution in [0, 0.1) is 0 Å². The van der Waals surface area contributed by atoms with Crippen LogP contribution < -0.4 is 5.32 Å². The van der Waals surface area contributed by atoms with Crippen LogP contribution in [-0.2, 0) is 4.79 Å². The summed E-state index contributed by atoms with van der Waals surface area (Å²) in [4.78, 5) is 17.3. The molecule has 20 heavy (non-hydrogen) atoms. The number of nitrogens with zero attached hydrogens (tertiary/aromatic N) is 2. The van der Waals surface area contributed by atoms with E-state index in [-0.39, 0.29) is 17.2 Å². The van der Waals surface area contributed by atoms with E-state index in [1.165, 1.54) is 25.7 Å². The number of hydrogen-bond donors (Lipinski definition) is 1. The molecule has 1 N–H and O–H groups in total. The average Bonchev–Trinajstić information content (AvgIpc) is 2.99. The van der Waals surface area contributed by atoms with Gasteiger partial charge in [0.25, 0.3) is 0 Å². The Balaban J connectivity index is 2.20. The van der Waals surface area contributed by atoms with Gasteiger partial charge in [-0.3, -0.25) is 10.1 Å². The molecule has 2 unspecified atom stereocenters. The normalized spacial score (nSPS) is 33.4. The molecule has 116 valence electrons. The predicted octanol–water partition coefficient (Wildman–Crippen LogP) is 2.20. The molecule has 1 saturated carbocycles. The van der Waals surface area contributed by atoms with Crippen molar-refractivity contribution in [3.05, 3.63) is 0 Å². The first-order valence-electron chi connectivity index (χ1n) is 8.15. The van der Waals surface area contributed by atoms with Gasteiger partial charge in [0.15, 0.2) is 0 Å². The molecule has 2 aliphatic rings. The summed E-state index contributed by atoms with van der Waals surface area (Å²) in [6, 6.07) is 0. The van der Waals surface area contributed by atoms with Gasteiger partial charge in [0.1, 0.15) is 0 Å². The topological polar surface area (TPSA) is 35.6 Å². The molecular weight excluding hydrogens is 250 g/mol. The Labute approximate surface area is 123 Å². The molecule has 0 spiro atoms. The molecule has 4 nitrogen and oxygen atoms in total. The van der Waals surface area contributed by atoms with Crippen molar-refractivity contribution in [1.82, 2.24) is 15.1 Å². The van der Waals surface area contributed by atoms with Crippen molar-refractivity contribution in [2.45, 2.75) is 76.5 Å². The predicted molar refractivity (Wildman–Crippen MR) is 82.5 cm³/mol. The molecule has 1 aliphatic heterocycles. The molecule has 0 aromatic heterocycles. The summed E-state index contributed by atoms with van der Waals surface area (Å²) in [5.41, 5.74) is -0.184. The smallest absolute Gasteiger partial charge is 0.243 e. The summed E-state index contributed by atoms with van der Waals surface area (Å²) >= 11 is 0. The molecule has 0 aromatic rings. The largest absolute Gasteiger partial charge is 0.324 e. The van der Waals surface area contributed by atoms with Crippen LogP contribution in [0.2, 0.25) is 0 Å². The fourth-order valence-corrected chi connectivity index (χ4v) is 3.82. The lowest BCUT2D eigenvalue weighted by atomic mass is 9.94. The number of carbonyl (C=O) groups excluding carboxylic acids is 1. The second-order valence-corrected chi connectivity index (χ2v) is 7.01. The number of amides is 1. The molecule has 0 radical (unpaired) electrons. The van der Waals surface area contributed by atoms with Crippen molar-refractivity contribution in [2.24, 2.45) is 0 Å². The first-order valence-corrected chi connectivity index (χ1v) is 8.15. The minimum atomic E-state index is -0.368. The van der Waals surface area contributed by atoms with Crippen LogP contribution in [0.5, 0.6) is 0 Å². The fraction of sp³-hybridized carbons (Fsp3) is 0.938. The van der Waals surface area contributed by atoms with Crippen molar-refractivity contribution in [1.29, 1.82) is 0 Å². The summed E-state index contributed by atoms with van der Waals surface area (Å²) < 4.78 is 0. The second kappa shape index (κ2) is 5.64. The highest BCUT2D eigenvalue weighted by Crippen LogP contribution is 2.37. The van der Waals surface area contributed by atoms with Gasteiger partial charge in [-0.05, 0) is 46.7 Å². The SMILES string of the molecule is CCC1NC(C)(CC)C(=O)N1CC1(N(C)C)CCCC1. The standard InChI is InChI=1S/C16H31N3O/c1-6-13-17-15(3,7-2)14(20)19(13)12-16(18(4)5)10-8-9-11-16/h13,17H,6-12H2,1-5H3. The summed E-state index contributed by atoms with van der Waals surface area (Å²) in [6.07, 6.45) is 7.03. The quantitative estimate of drug-likeness (QED) is 0.839. The Morgan fingerprint density at radius 2 is 1.90 bits per heavy atom. The molecule has 2 rings (SSSR count). The van der Waals surface area contributed by atoms with Gasteiger partial charge in [-0.25, -0.2) is 0 Å². The molecular formula is C16H31N3O. The summed E-state index contributed by atoms with van der Waals surface area (Å²) in [5, 5.41) is 3.55. The van der Waals surface area contributed by atoms with Gasteiger partial charge in [-0.1, -0.05) is 26.7 Å². The van der Waals surface area contributed by atoms with Crippen molar-refractivity contribution < 1.29 is 4.79 Å². The highest BCUT2D eigenvalue weighted by molar-refractivity contribution is 5.88. The maximum absolute atomic E-state index is 12.8. The maximum atomic E-state index is 12.8. The Morgan fingerprint density at radius 1 is 1.30 bits per heavy atom. The Morgan fingerprint density at radius 3 is 2.35 bits per heavy atom. The molecule has 0 bridgehead atoms. The van der Waals surface area contributed by atoms with Gasteiger partial charge in [0.05, 0.1) is 11.7 Å². The number of nitrogens with one attached hydrogen (secondary N) is 1. The third kappa shape index (κ3) is 2.48. The minimum absolute atomic E-state index is 0.184. The van der Waals surface area contributed by atoms with Crippen LogP contribution in [0.15, 0.2) is 0 Å². The van der Waals surface area contributed by atoms with E-state index >= 15 is 0 Å². The molecule has 4 heteroatoms. The van der Waals surface area contributed by atoms with E-state index in [1.54, 1.807) is 0 Å². The van der Waals surface area contributed by atoms with Crippen molar-refractivity contribution in [2.75, 3.05) is 20.6 Å². The maximum Gasteiger partial charge on any atom is 0.243 e. The van der Waals surface area contributed by atoms with Gasteiger partial charge < -0.3 is 9.80 Å². The average molecular weight is 281 g/mol. The number of carbonyl (C=O) groups is 1. The van der Waals surface area contributed by atoms with Crippen LogP contribution in [0.4, 0.5) is 0 Å². The van der Waals surface area contributed by atoms with E-state index in [1.807, 2.05) is 0 Å². The first kappa shape index (κ1) is 15.8. The lowest BCUT2D eigenvalue weighted by molar-refractivity contribution is -0.134. The lowest BCUT2D eigenvalue weighted by Crippen LogP contribution is -2.54. The van der Waals surface area contributed by atoms with Crippen LogP contribution >= 0.6 is 0 Å². The molecule has 1 heterocycles. The third-order valence-electron chi connectivity index (χ3n) is 5.64. The van der Waals surface area contributed by atoms with E-state index in [0.717, 1.165) is 19.4 Å². The van der Waals surface area contributed by atoms with Gasteiger partial charge in [-0.15, -0.1) is 0 Å². The van der Waals surface area contributed by atoms with Crippen LogP contribution in [0.1, 0.15) is 59.3 Å². The van der Waals surface area contributed by atoms with E-state index in [0.29, 0.717) is 5.91 Å². The number of hydrogen-bond acceptors (Lipinski definition) is 3. The summed E-state index contributed by atoms with van der Waals surface area (Å²) in [6.45, 7) is 7.18. The zero-order chi connectivity index (χ0) is 15.0. The lowest BCUT2D eigenvalue weighted by Gasteiger charge is -2.41. The van der Waals surface area contributed by atoms with Crippen LogP contribution in [0.25, 0.3) is 0 Å². The second-order valence-electron chi connectivity index (χ2n) is 7.01. The molecule has 0 aromatic carbocycles. The third-order valence-corrected chi connectivity index (χ3v) is 5.64. The monoisotopic (exact) mass is 281 g/mol. The highest BCUT2D eigenvalue weighted by Gasteiger charge is 2.49. The minimum Gasteiger partial charge on any atom is -0.324 e. The molecule has 2 atom stereocenters. The molecule has 1 amide bonds. The van der Waals surface area contributed by atoms with Crippen LogP contribution in [-0.4, -0.2) is 53.6 Å². The van der Waals surface area contributed by atoms with Gasteiger partial charge in [0, 0.05) is 12.1 Å². The summed E-state index contributed by atoms with van der Waals surface area (Å²) in [5.74, 6) is 0.292. The summed E-state index contributed by atoms with van der Waals surface area (Å²) in [7, 11) is 4.33. The van der Waals surface area contributed by atoms with E-state index < -0.39 is 0 Å². The van der Waals surface area contributed by atoms with Crippen molar-refractivity contribution in [3.63, 3.8) is 0 Å². The molecule has 1 aliphatic carbocycles.